The Bertz CT molecular complexity index is 1300. The van der Waals surface area contributed by atoms with E-state index in [1.165, 1.54) is 16.8 Å². The number of benzene rings is 2. The predicted molar refractivity (Wildman–Crippen MR) is 143 cm³/mol. The van der Waals surface area contributed by atoms with E-state index in [1.54, 1.807) is 20.8 Å². The van der Waals surface area contributed by atoms with Crippen molar-refractivity contribution in [2.75, 3.05) is 5.32 Å². The second-order valence-corrected chi connectivity index (χ2v) is 9.63. The lowest BCUT2D eigenvalue weighted by atomic mass is 10.2. The molecule has 0 aliphatic carbocycles. The zero-order valence-corrected chi connectivity index (χ0v) is 22.1. The van der Waals surface area contributed by atoms with Crippen molar-refractivity contribution in [3.8, 4) is 0 Å². The molecule has 2 amide bonds. The minimum Gasteiger partial charge on any atom is -0.461 e. The van der Waals surface area contributed by atoms with Crippen molar-refractivity contribution in [2.45, 2.75) is 58.6 Å². The molecule has 206 valence electrons. The van der Waals surface area contributed by atoms with E-state index in [9.17, 15) is 19.2 Å². The van der Waals surface area contributed by atoms with Gasteiger partial charge >= 0.3 is 23.8 Å². The summed E-state index contributed by atoms with van der Waals surface area (Å²) in [5, 5.41) is 5.02. The third-order valence-corrected chi connectivity index (χ3v) is 5.11. The molecule has 0 bridgehead atoms. The van der Waals surface area contributed by atoms with Gasteiger partial charge < -0.3 is 19.5 Å². The van der Waals surface area contributed by atoms with E-state index in [0.29, 0.717) is 0 Å². The van der Waals surface area contributed by atoms with Crippen molar-refractivity contribution in [2.24, 2.45) is 0 Å². The summed E-state index contributed by atoms with van der Waals surface area (Å²) >= 11 is 0. The van der Waals surface area contributed by atoms with Crippen LogP contribution in [0.5, 0.6) is 0 Å². The lowest BCUT2D eigenvalue weighted by Gasteiger charge is -2.23. The van der Waals surface area contributed by atoms with Crippen LogP contribution in [0.15, 0.2) is 77.7 Å². The van der Waals surface area contributed by atoms with Gasteiger partial charge in [0.2, 0.25) is 0 Å². The first-order valence-electron chi connectivity index (χ1n) is 12.3. The minimum atomic E-state index is -0.836. The third kappa shape index (κ3) is 10.7. The van der Waals surface area contributed by atoms with Gasteiger partial charge in [0.15, 0.2) is 0 Å². The van der Waals surface area contributed by atoms with Crippen molar-refractivity contribution < 1.29 is 28.6 Å². The molecule has 0 saturated heterocycles. The van der Waals surface area contributed by atoms with Gasteiger partial charge in [0.25, 0.3) is 0 Å². The maximum atomic E-state index is 12.6. The van der Waals surface area contributed by atoms with Gasteiger partial charge in [0.05, 0.1) is 12.5 Å². The molecule has 2 aromatic carbocycles. The van der Waals surface area contributed by atoms with E-state index in [2.05, 4.69) is 15.6 Å². The van der Waals surface area contributed by atoms with Crippen LogP contribution in [-0.4, -0.2) is 39.3 Å². The van der Waals surface area contributed by atoms with E-state index in [4.69, 9.17) is 14.2 Å². The monoisotopic (exact) mass is 536 g/mol. The Labute approximate surface area is 226 Å². The molecular weight excluding hydrogens is 504 g/mol. The van der Waals surface area contributed by atoms with Crippen molar-refractivity contribution in [1.29, 1.82) is 0 Å². The van der Waals surface area contributed by atoms with Crippen molar-refractivity contribution in [3.05, 3.63) is 94.5 Å². The maximum Gasteiger partial charge on any atom is 0.413 e. The normalized spacial score (nSPS) is 11.7. The van der Waals surface area contributed by atoms with Gasteiger partial charge in [-0.05, 0) is 38.0 Å². The molecule has 3 rings (SSSR count). The van der Waals surface area contributed by atoms with Crippen molar-refractivity contribution >= 4 is 24.0 Å². The van der Waals surface area contributed by atoms with Crippen LogP contribution in [0.1, 0.15) is 38.3 Å². The quantitative estimate of drug-likeness (QED) is 0.293. The highest BCUT2D eigenvalue weighted by Gasteiger charge is 2.23. The summed E-state index contributed by atoms with van der Waals surface area (Å²) in [7, 11) is 0. The first-order chi connectivity index (χ1) is 18.6. The Morgan fingerprint density at radius 3 is 2.03 bits per heavy atom. The van der Waals surface area contributed by atoms with Gasteiger partial charge in [-0.2, -0.15) is 4.98 Å². The Hall–Kier alpha value is -4.67. The Morgan fingerprint density at radius 2 is 1.46 bits per heavy atom. The molecule has 0 fully saturated rings. The smallest absolute Gasteiger partial charge is 0.413 e. The second-order valence-electron chi connectivity index (χ2n) is 9.63. The second kappa shape index (κ2) is 13.8. The van der Waals surface area contributed by atoms with Crippen LogP contribution in [0.4, 0.5) is 15.4 Å². The molecule has 0 saturated carbocycles. The highest BCUT2D eigenvalue weighted by Crippen LogP contribution is 2.10. The van der Waals surface area contributed by atoms with Crippen LogP contribution >= 0.6 is 0 Å². The lowest BCUT2D eigenvalue weighted by Crippen LogP contribution is -2.44. The SMILES string of the molecule is CC(C)(C)OC(=O)N[C@@H](CC(=O)OCc1ccccc1)Cn1ccc(NC(=O)OCc2ccccc2)nc1=O. The summed E-state index contributed by atoms with van der Waals surface area (Å²) < 4.78 is 17.0. The third-order valence-electron chi connectivity index (χ3n) is 5.11. The molecule has 39 heavy (non-hydrogen) atoms. The molecule has 0 aliphatic heterocycles. The number of esters is 1. The van der Waals surface area contributed by atoms with Gasteiger partial charge in [-0.25, -0.2) is 14.4 Å². The van der Waals surface area contributed by atoms with E-state index >= 15 is 0 Å². The summed E-state index contributed by atoms with van der Waals surface area (Å²) in [4.78, 5) is 53.5. The molecule has 2 N–H and O–H groups in total. The maximum absolute atomic E-state index is 12.6. The van der Waals surface area contributed by atoms with E-state index < -0.39 is 35.5 Å². The highest BCUT2D eigenvalue weighted by atomic mass is 16.6. The molecule has 1 heterocycles. The topological polar surface area (TPSA) is 138 Å². The van der Waals surface area contributed by atoms with Gasteiger partial charge in [-0.1, -0.05) is 60.7 Å². The minimum absolute atomic E-state index is 0.00626. The standard InChI is InChI=1S/C28H32N4O7/c1-28(2,3)39-27(36)29-22(16-24(33)37-18-20-10-6-4-7-11-20)17-32-15-14-23(30-25(32)34)31-26(35)38-19-21-12-8-5-9-13-21/h4-15,22H,16-19H2,1-3H3,(H,29,36)(H,30,31,34,35)/t22-/m0/s1. The summed E-state index contributed by atoms with van der Waals surface area (Å²) in [6.45, 7) is 5.16. The molecular formula is C28H32N4O7. The number of rotatable bonds is 10. The molecule has 0 radical (unpaired) electrons. The number of anilines is 1. The van der Waals surface area contributed by atoms with Crippen LogP contribution in [0.3, 0.4) is 0 Å². The molecule has 3 aromatic rings. The number of nitrogens with zero attached hydrogens (tertiary/aromatic N) is 2. The van der Waals surface area contributed by atoms with Crippen LogP contribution in [-0.2, 0) is 38.8 Å². The summed E-state index contributed by atoms with van der Waals surface area (Å²) in [6.07, 6.45) is -0.344. The van der Waals surface area contributed by atoms with E-state index in [1.807, 2.05) is 60.7 Å². The van der Waals surface area contributed by atoms with Crippen LogP contribution in [0, 0.1) is 0 Å². The number of amides is 2. The zero-order valence-electron chi connectivity index (χ0n) is 22.1. The largest absolute Gasteiger partial charge is 0.461 e. The zero-order chi connectivity index (χ0) is 28.3. The van der Waals surface area contributed by atoms with E-state index in [0.717, 1.165) is 11.1 Å². The Morgan fingerprint density at radius 1 is 0.872 bits per heavy atom. The van der Waals surface area contributed by atoms with Gasteiger partial charge in [-0.3, -0.25) is 14.7 Å². The van der Waals surface area contributed by atoms with Crippen molar-refractivity contribution in [3.63, 3.8) is 0 Å². The Balaban J connectivity index is 1.62. The fourth-order valence-corrected chi connectivity index (χ4v) is 3.37. The molecule has 1 aromatic heterocycles. The number of carbonyl (C=O) groups is 3. The Kier molecular flexibility index (Phi) is 10.2. The van der Waals surface area contributed by atoms with Crippen LogP contribution in [0.25, 0.3) is 0 Å². The fourth-order valence-electron chi connectivity index (χ4n) is 3.37. The van der Waals surface area contributed by atoms with Gasteiger partial charge in [-0.15, -0.1) is 0 Å². The first-order valence-corrected chi connectivity index (χ1v) is 12.3. The van der Waals surface area contributed by atoms with Gasteiger partial charge in [0, 0.05) is 12.7 Å². The summed E-state index contributed by atoms with van der Waals surface area (Å²) in [5.74, 6) is -0.575. The number of ether oxygens (including phenoxy) is 3. The summed E-state index contributed by atoms with van der Waals surface area (Å²) in [6, 6.07) is 18.9. The van der Waals surface area contributed by atoms with Crippen molar-refractivity contribution in [1.82, 2.24) is 14.9 Å². The lowest BCUT2D eigenvalue weighted by molar-refractivity contribution is -0.145. The number of hydrogen-bond acceptors (Lipinski definition) is 8. The van der Waals surface area contributed by atoms with Gasteiger partial charge in [0.1, 0.15) is 24.6 Å². The highest BCUT2D eigenvalue weighted by molar-refractivity contribution is 5.83. The predicted octanol–water partition coefficient (Wildman–Crippen LogP) is 4.02. The molecule has 11 heteroatoms. The average Bonchev–Trinajstić information content (AvgIpc) is 2.88. The van der Waals surface area contributed by atoms with Crippen LogP contribution < -0.4 is 16.3 Å². The van der Waals surface area contributed by atoms with E-state index in [-0.39, 0.29) is 32.0 Å². The first kappa shape index (κ1) is 28.9. The van der Waals surface area contributed by atoms with Crippen LogP contribution in [0.2, 0.25) is 0 Å². The molecule has 11 nitrogen and oxygen atoms in total. The number of hydrogen-bond donors (Lipinski definition) is 2. The molecule has 0 spiro atoms. The fraction of sp³-hybridized carbons (Fsp3) is 0.321. The summed E-state index contributed by atoms with van der Waals surface area (Å²) in [5.41, 5.74) is 0.156. The average molecular weight is 537 g/mol. The molecule has 0 aliphatic rings. The number of aromatic nitrogens is 2. The molecule has 1 atom stereocenters. The number of carbonyl (C=O) groups excluding carboxylic acids is 3. The number of alkyl carbamates (subject to hydrolysis) is 1. The number of nitrogens with one attached hydrogen (secondary N) is 2. The molecule has 0 unspecified atom stereocenters.